The first-order valence-corrected chi connectivity index (χ1v) is 23.5. The van der Waals surface area contributed by atoms with Crippen LogP contribution in [0.25, 0.3) is 94.0 Å². The molecule has 3 radical (unpaired) electrons. The number of hydrogen-bond acceptors (Lipinski definition) is 3. The molecule has 12 rings (SSSR count). The first kappa shape index (κ1) is 35.4. The van der Waals surface area contributed by atoms with Gasteiger partial charge in [0.2, 0.25) is 0 Å². The molecule has 0 saturated carbocycles. The molecule has 66 heavy (non-hydrogen) atoms. The van der Waals surface area contributed by atoms with Gasteiger partial charge < -0.3 is 8.98 Å². The van der Waals surface area contributed by atoms with E-state index in [1.165, 1.54) is 13.1 Å². The van der Waals surface area contributed by atoms with E-state index in [2.05, 4.69) is 119 Å². The summed E-state index contributed by atoms with van der Waals surface area (Å²) in [5.41, 5.74) is 8.03. The van der Waals surface area contributed by atoms with Gasteiger partial charge in [0.15, 0.2) is 0 Å². The Morgan fingerprint density at radius 3 is 2.20 bits per heavy atom. The monoisotopic (exact) mass is 1100 g/mol. The van der Waals surface area contributed by atoms with Crippen LogP contribution in [0.4, 0.5) is 0 Å². The van der Waals surface area contributed by atoms with Gasteiger partial charge in [-0.1, -0.05) is 150 Å². The first-order chi connectivity index (χ1) is 34.7. The molecule has 0 spiro atoms. The van der Waals surface area contributed by atoms with E-state index in [9.17, 15) is 0 Å². The van der Waals surface area contributed by atoms with Crippen LogP contribution < -0.4 is 4.40 Å². The van der Waals surface area contributed by atoms with Crippen molar-refractivity contribution in [2.24, 2.45) is 0 Å². The topological polar surface area (TPSA) is 43.9 Å². The molecule has 0 aliphatic heterocycles. The Morgan fingerprint density at radius 2 is 1.41 bits per heavy atom. The Morgan fingerprint density at radius 1 is 0.667 bits per heavy atom. The third-order valence-electron chi connectivity index (χ3n) is 11.8. The first-order valence-electron chi connectivity index (χ1n) is 24.9. The molecule has 9 aromatic carbocycles. The molecule has 0 unspecified atom stereocenters. The van der Waals surface area contributed by atoms with Gasteiger partial charge in [-0.2, -0.15) is 0 Å². The fraction of sp³-hybridized carbons (Fsp3) is 0.0667. The molecule has 0 amide bonds. The van der Waals surface area contributed by atoms with Crippen molar-refractivity contribution in [1.82, 2.24) is 14.5 Å². The average Bonchev–Trinajstić information content (AvgIpc) is 3.97. The summed E-state index contributed by atoms with van der Waals surface area (Å²) in [6, 6.07) is 70.5. The maximum atomic E-state index is 9.01. The number of pyridine rings is 1. The van der Waals surface area contributed by atoms with Crippen LogP contribution >= 0.6 is 0 Å². The smallest absolute Gasteiger partial charge is 0 e. The molecule has 319 valence electrons. The van der Waals surface area contributed by atoms with Crippen molar-refractivity contribution in [2.75, 3.05) is 0 Å². The molecule has 0 N–H and O–H groups in total. The number of rotatable bonds is 8. The van der Waals surface area contributed by atoms with E-state index < -0.39 is 33.9 Å². The maximum Gasteiger partial charge on any atom is 0 e. The summed E-state index contributed by atoms with van der Waals surface area (Å²) < 4.78 is 65.7. The molecule has 12 aromatic rings. The van der Waals surface area contributed by atoms with Gasteiger partial charge in [-0.25, -0.2) is 0 Å². The average molecular weight is 1090 g/mol. The minimum Gasteiger partial charge on any atom is 0 e. The van der Waals surface area contributed by atoms with Gasteiger partial charge in [-0.15, -0.1) is 18.2 Å². The summed E-state index contributed by atoms with van der Waals surface area (Å²) in [5.74, 6) is 0.722. The van der Waals surface area contributed by atoms with Crippen molar-refractivity contribution in [3.8, 4) is 39.5 Å². The van der Waals surface area contributed by atoms with Crippen molar-refractivity contribution in [3.05, 3.63) is 229 Å². The predicted octanol–water partition coefficient (Wildman–Crippen LogP) is 14.4. The van der Waals surface area contributed by atoms with E-state index in [1.807, 2.05) is 84.9 Å². The fourth-order valence-electron chi connectivity index (χ4n) is 8.69. The second kappa shape index (κ2) is 18.9. The van der Waals surface area contributed by atoms with Gasteiger partial charge in [0.05, 0.1) is 28.1 Å². The van der Waals surface area contributed by atoms with E-state index in [-0.39, 0.29) is 20.1 Å². The van der Waals surface area contributed by atoms with Gasteiger partial charge in [0.1, 0.15) is 5.58 Å². The van der Waals surface area contributed by atoms with Gasteiger partial charge >= 0.3 is 110 Å². The van der Waals surface area contributed by atoms with Gasteiger partial charge in [0.25, 0.3) is 0 Å². The van der Waals surface area contributed by atoms with Gasteiger partial charge in [0, 0.05) is 44.6 Å². The maximum absolute atomic E-state index is 9.01. The second-order valence-electron chi connectivity index (χ2n) is 15.6. The normalized spacial score (nSPS) is 13.4. The molecule has 0 aliphatic rings. The summed E-state index contributed by atoms with van der Waals surface area (Å²) in [4.78, 5) is 9.75. The number of aryl methyl sites for hydroxylation is 1. The zero-order chi connectivity index (χ0) is 49.8. The van der Waals surface area contributed by atoms with E-state index in [0.717, 1.165) is 77.1 Å². The molecule has 0 atom stereocenters. The molecule has 3 heterocycles. The fourth-order valence-corrected chi connectivity index (χ4v) is 9.65. The van der Waals surface area contributed by atoms with Crippen LogP contribution in [0, 0.1) is 12.1 Å². The van der Waals surface area contributed by atoms with Crippen molar-refractivity contribution in [2.45, 2.75) is 25.4 Å². The Hall–Kier alpha value is -6.89. The van der Waals surface area contributed by atoms with Crippen molar-refractivity contribution in [3.63, 3.8) is 0 Å². The summed E-state index contributed by atoms with van der Waals surface area (Å²) in [6.45, 7) is 1.44. The second-order valence-corrected chi connectivity index (χ2v) is 17.3. The van der Waals surface area contributed by atoms with Crippen molar-refractivity contribution >= 4 is 74.3 Å². The molecule has 0 bridgehead atoms. The van der Waals surface area contributed by atoms with Gasteiger partial charge in [-0.3, -0.25) is 4.98 Å². The Kier molecular flexibility index (Phi) is 10.1. The number of benzene rings is 9. The Balaban J connectivity index is 0.000000235. The van der Waals surface area contributed by atoms with Crippen LogP contribution in [0.5, 0.6) is 0 Å². The minimum atomic E-state index is -2.03. The van der Waals surface area contributed by atoms with Crippen LogP contribution in [0.2, 0.25) is 5.68 Å². The quantitative estimate of drug-likeness (QED) is 0.112. The number of imidazole rings is 1. The van der Waals surface area contributed by atoms with Crippen LogP contribution in [0.15, 0.2) is 205 Å². The number of aromatic nitrogens is 3. The molecule has 6 heteroatoms. The van der Waals surface area contributed by atoms with Gasteiger partial charge in [-0.05, 0) is 46.0 Å². The van der Waals surface area contributed by atoms with Crippen LogP contribution in [0.1, 0.15) is 33.2 Å². The molecular formula is C60H43GeIrN3O-2. The Labute approximate surface area is 414 Å². The van der Waals surface area contributed by atoms with E-state index in [0.29, 0.717) is 37.9 Å². The minimum absolute atomic E-state index is 0. The zero-order valence-corrected chi connectivity index (χ0v) is 40.1. The third-order valence-corrected chi connectivity index (χ3v) is 13.2. The predicted molar refractivity (Wildman–Crippen MR) is 271 cm³/mol. The zero-order valence-electron chi connectivity index (χ0n) is 42.6. The molecule has 0 fully saturated rings. The van der Waals surface area contributed by atoms with Crippen LogP contribution in [-0.4, -0.2) is 30.0 Å². The number of fused-ring (bicyclic) bond motifs is 7. The molecule has 4 nitrogen and oxygen atoms in total. The van der Waals surface area contributed by atoms with Crippen LogP contribution in [-0.2, 0) is 32.9 Å². The summed E-state index contributed by atoms with van der Waals surface area (Å²) in [5, 5.41) is 6.27. The third kappa shape index (κ3) is 8.09. The van der Waals surface area contributed by atoms with E-state index >= 15 is 0 Å². The molecule has 0 saturated heterocycles. The standard InChI is InChI=1S/C46H29N2O.C14H14GeN.Ir/c1-3-12-30(13-4-1)28-31-22-25-38-39-20-11-21-40(45(39)49-42(38)29-31)46-47-43-35-18-9-7-16-33(35)24-27-41(43)48(46)44-36-19-10-8-17-34(36)23-26-37(44)32-14-5-2-6-15-32;1-3-11-9-14(16-10-13(11)15-2)12-7-5-4-6-8-12;/h1-20,22-27,29H,28H2;4-7,9-10H,3H2,1-2H3;/q2*-1;/i28D2;2D3,3D2;. The number of furan rings is 1. The summed E-state index contributed by atoms with van der Waals surface area (Å²) >= 11 is -1.45. The molecular weight excluding hydrogens is 1040 g/mol. The summed E-state index contributed by atoms with van der Waals surface area (Å²) in [6.07, 6.45) is -1.78. The number of hydrogen-bond donors (Lipinski definition) is 0. The molecule has 3 aromatic heterocycles. The van der Waals surface area contributed by atoms with Crippen molar-refractivity contribution in [1.29, 1.82) is 0 Å². The molecule has 0 aliphatic carbocycles. The van der Waals surface area contributed by atoms with E-state index in [1.54, 1.807) is 12.1 Å². The largest absolute Gasteiger partial charge is 0 e. The summed E-state index contributed by atoms with van der Waals surface area (Å²) in [7, 11) is 0. The SMILES string of the molecule is [2H]C([2H])(c1ccccc1)c1ccc2c(c1)oc1c(-c3nc4c5ccccc5ccc4n3-c3c(-c4ccccc4)ccc4ccccc34)[c-]ccc12.[2H][C]([2H])([2H])[Ge][c]1cnc(-c2[c-]cccc2)cc1C([2H])([2H])C.[Ir]. The van der Waals surface area contributed by atoms with E-state index in [4.69, 9.17) is 19.0 Å². The Bertz CT molecular complexity index is 3970. The van der Waals surface area contributed by atoms with Crippen molar-refractivity contribution < 1.29 is 34.1 Å². The number of nitrogens with zero attached hydrogens (tertiary/aromatic N) is 3. The van der Waals surface area contributed by atoms with Crippen LogP contribution in [0.3, 0.4) is 0 Å².